The van der Waals surface area contributed by atoms with Gasteiger partial charge in [-0.05, 0) is 30.7 Å². The van der Waals surface area contributed by atoms with Gasteiger partial charge in [-0.25, -0.2) is 9.78 Å². The lowest BCUT2D eigenvalue weighted by Crippen LogP contribution is -2.32. The number of para-hydroxylation sites is 1. The fourth-order valence-electron chi connectivity index (χ4n) is 2.42. The molecule has 1 heterocycles. The Bertz CT molecular complexity index is 822. The van der Waals surface area contributed by atoms with Crippen LogP contribution in [0, 0.1) is 0 Å². The van der Waals surface area contributed by atoms with Gasteiger partial charge >= 0.3 is 6.03 Å². The molecule has 6 heteroatoms. The van der Waals surface area contributed by atoms with Gasteiger partial charge in [-0.2, -0.15) is 0 Å². The van der Waals surface area contributed by atoms with Gasteiger partial charge < -0.3 is 15.0 Å². The van der Waals surface area contributed by atoms with Gasteiger partial charge in [0.2, 0.25) is 0 Å². The highest BCUT2D eigenvalue weighted by Gasteiger charge is 2.09. The molecule has 5 nitrogen and oxygen atoms in total. The maximum atomic E-state index is 12.3. The maximum Gasteiger partial charge on any atom is 0.321 e. The van der Waals surface area contributed by atoms with Crippen LogP contribution in [0.25, 0.3) is 10.6 Å². The van der Waals surface area contributed by atoms with E-state index in [1.165, 1.54) is 0 Å². The van der Waals surface area contributed by atoms with Crippen LogP contribution in [0.4, 0.5) is 10.5 Å². The Hall–Kier alpha value is -2.86. The first-order valence-corrected chi connectivity index (χ1v) is 9.30. The number of urea groups is 1. The molecule has 3 aromatic rings. The van der Waals surface area contributed by atoms with Crippen molar-refractivity contribution in [2.75, 3.05) is 25.5 Å². The second-order valence-corrected chi connectivity index (χ2v) is 6.68. The zero-order valence-corrected chi connectivity index (χ0v) is 15.4. The van der Waals surface area contributed by atoms with Gasteiger partial charge in [-0.1, -0.05) is 30.3 Å². The summed E-state index contributed by atoms with van der Waals surface area (Å²) in [6, 6.07) is 17.3. The van der Waals surface area contributed by atoms with Gasteiger partial charge in [0.1, 0.15) is 10.8 Å². The highest BCUT2D eigenvalue weighted by Crippen LogP contribution is 2.24. The van der Waals surface area contributed by atoms with Crippen molar-refractivity contribution in [3.05, 3.63) is 66.2 Å². The number of rotatable bonds is 7. The summed E-state index contributed by atoms with van der Waals surface area (Å²) in [5.41, 5.74) is 1.76. The van der Waals surface area contributed by atoms with Crippen LogP contribution in [0.3, 0.4) is 0 Å². The van der Waals surface area contributed by atoms with Crippen LogP contribution in [0.15, 0.2) is 66.2 Å². The molecule has 0 atom stereocenters. The molecule has 0 bridgehead atoms. The molecule has 0 fully saturated rings. The first-order chi connectivity index (χ1) is 12.7. The van der Waals surface area contributed by atoms with Gasteiger partial charge in [-0.3, -0.25) is 0 Å². The Morgan fingerprint density at radius 2 is 2.04 bits per heavy atom. The van der Waals surface area contributed by atoms with E-state index < -0.39 is 0 Å². The molecule has 0 aliphatic rings. The maximum absolute atomic E-state index is 12.3. The molecule has 0 unspecified atom stereocenters. The predicted octanol–water partition coefficient (Wildman–Crippen LogP) is 4.74. The molecule has 1 aromatic heterocycles. The topological polar surface area (TPSA) is 54.5 Å². The largest absolute Gasteiger partial charge is 0.494 e. The van der Waals surface area contributed by atoms with Crippen LogP contribution in [0.1, 0.15) is 6.42 Å². The van der Waals surface area contributed by atoms with E-state index in [2.05, 4.69) is 10.3 Å². The molecular weight excluding hydrogens is 346 g/mol. The van der Waals surface area contributed by atoms with Crippen molar-refractivity contribution in [2.24, 2.45) is 0 Å². The Balaban J connectivity index is 1.46. The average Bonchev–Trinajstić information content (AvgIpc) is 3.21. The van der Waals surface area contributed by atoms with Gasteiger partial charge in [0.15, 0.2) is 0 Å². The van der Waals surface area contributed by atoms with Gasteiger partial charge in [0.05, 0.1) is 6.61 Å². The number of amides is 2. The third-order valence-corrected chi connectivity index (χ3v) is 4.61. The summed E-state index contributed by atoms with van der Waals surface area (Å²) in [6.45, 7) is 1.19. The van der Waals surface area contributed by atoms with E-state index in [-0.39, 0.29) is 6.03 Å². The van der Waals surface area contributed by atoms with Crippen molar-refractivity contribution < 1.29 is 9.53 Å². The monoisotopic (exact) mass is 367 g/mol. The zero-order chi connectivity index (χ0) is 18.2. The molecule has 1 N–H and O–H groups in total. The average molecular weight is 367 g/mol. The summed E-state index contributed by atoms with van der Waals surface area (Å²) in [5, 5.41) is 5.80. The molecule has 134 valence electrons. The number of anilines is 1. The molecule has 2 amide bonds. The highest BCUT2D eigenvalue weighted by molar-refractivity contribution is 7.13. The van der Waals surface area contributed by atoms with E-state index in [1.807, 2.05) is 60.0 Å². The van der Waals surface area contributed by atoms with E-state index >= 15 is 0 Å². The van der Waals surface area contributed by atoms with E-state index in [1.54, 1.807) is 29.5 Å². The Kier molecular flexibility index (Phi) is 6.22. The van der Waals surface area contributed by atoms with Crippen molar-refractivity contribution in [2.45, 2.75) is 6.42 Å². The lowest BCUT2D eigenvalue weighted by molar-refractivity contribution is 0.216. The minimum Gasteiger partial charge on any atom is -0.494 e. The SMILES string of the molecule is CN(CCCOc1ccccc1)C(=O)Nc1cccc(-c2nccs2)c1. The van der Waals surface area contributed by atoms with Crippen molar-refractivity contribution in [1.29, 1.82) is 0 Å². The summed E-state index contributed by atoms with van der Waals surface area (Å²) in [7, 11) is 1.78. The second kappa shape index (κ2) is 9.01. The van der Waals surface area contributed by atoms with E-state index in [0.717, 1.165) is 28.4 Å². The van der Waals surface area contributed by atoms with E-state index in [0.29, 0.717) is 13.2 Å². The number of carbonyl (C=O) groups is 1. The standard InChI is InChI=1S/C20H21N3O2S/c1-23(12-6-13-25-18-9-3-2-4-10-18)20(24)22-17-8-5-7-16(15-17)19-21-11-14-26-19/h2-5,7-11,14-15H,6,12-13H2,1H3,(H,22,24). The number of hydrogen-bond donors (Lipinski definition) is 1. The number of aromatic nitrogens is 1. The first-order valence-electron chi connectivity index (χ1n) is 8.42. The fourth-order valence-corrected chi connectivity index (χ4v) is 3.06. The van der Waals surface area contributed by atoms with Crippen molar-refractivity contribution in [3.63, 3.8) is 0 Å². The van der Waals surface area contributed by atoms with Crippen molar-refractivity contribution in [3.8, 4) is 16.3 Å². The lowest BCUT2D eigenvalue weighted by Gasteiger charge is -2.18. The van der Waals surface area contributed by atoms with Crippen LogP contribution >= 0.6 is 11.3 Å². The van der Waals surface area contributed by atoms with E-state index in [9.17, 15) is 4.79 Å². The third-order valence-electron chi connectivity index (χ3n) is 3.79. The molecule has 0 saturated carbocycles. The molecule has 0 radical (unpaired) electrons. The first kappa shape index (κ1) is 17.9. The molecule has 0 aliphatic heterocycles. The summed E-state index contributed by atoms with van der Waals surface area (Å²) in [6.07, 6.45) is 2.54. The van der Waals surface area contributed by atoms with E-state index in [4.69, 9.17) is 4.74 Å². The number of nitrogens with one attached hydrogen (secondary N) is 1. The number of nitrogens with zero attached hydrogens (tertiary/aromatic N) is 2. The molecule has 0 aliphatic carbocycles. The van der Waals surface area contributed by atoms with Crippen LogP contribution in [0.2, 0.25) is 0 Å². The van der Waals surface area contributed by atoms with Crippen LogP contribution in [-0.4, -0.2) is 36.1 Å². The van der Waals surface area contributed by atoms with Crippen LogP contribution in [0.5, 0.6) is 5.75 Å². The predicted molar refractivity (Wildman–Crippen MR) is 106 cm³/mol. The fraction of sp³-hybridized carbons (Fsp3) is 0.200. The number of thiazole rings is 1. The van der Waals surface area contributed by atoms with Gasteiger partial charge in [0.25, 0.3) is 0 Å². The Labute approximate surface area is 157 Å². The third kappa shape index (κ3) is 5.07. The molecule has 0 saturated heterocycles. The van der Waals surface area contributed by atoms with Crippen molar-refractivity contribution >= 4 is 23.1 Å². The summed E-state index contributed by atoms with van der Waals surface area (Å²) < 4.78 is 5.65. The number of carbonyl (C=O) groups excluding carboxylic acids is 1. The number of benzene rings is 2. The summed E-state index contributed by atoms with van der Waals surface area (Å²) >= 11 is 1.57. The molecular formula is C20H21N3O2S. The smallest absolute Gasteiger partial charge is 0.321 e. The summed E-state index contributed by atoms with van der Waals surface area (Å²) in [5.74, 6) is 0.846. The van der Waals surface area contributed by atoms with Crippen LogP contribution < -0.4 is 10.1 Å². The van der Waals surface area contributed by atoms with Crippen LogP contribution in [-0.2, 0) is 0 Å². The van der Waals surface area contributed by atoms with Gasteiger partial charge in [0, 0.05) is 36.4 Å². The number of hydrogen-bond acceptors (Lipinski definition) is 4. The minimum atomic E-state index is -0.138. The Morgan fingerprint density at radius 1 is 1.19 bits per heavy atom. The summed E-state index contributed by atoms with van der Waals surface area (Å²) in [4.78, 5) is 18.3. The zero-order valence-electron chi connectivity index (χ0n) is 14.6. The van der Waals surface area contributed by atoms with Gasteiger partial charge in [-0.15, -0.1) is 11.3 Å². The molecule has 26 heavy (non-hydrogen) atoms. The lowest BCUT2D eigenvalue weighted by atomic mass is 10.2. The minimum absolute atomic E-state index is 0.138. The molecule has 3 rings (SSSR count). The Morgan fingerprint density at radius 3 is 2.81 bits per heavy atom. The molecule has 0 spiro atoms. The van der Waals surface area contributed by atoms with Crippen molar-refractivity contribution in [1.82, 2.24) is 9.88 Å². The molecule has 2 aromatic carbocycles. The second-order valence-electron chi connectivity index (χ2n) is 5.78. The normalized spacial score (nSPS) is 10.3. The quantitative estimate of drug-likeness (QED) is 0.614. The highest BCUT2D eigenvalue weighted by atomic mass is 32.1. The number of ether oxygens (including phenoxy) is 1.